The normalized spacial score (nSPS) is 11.9. The second-order valence-corrected chi connectivity index (χ2v) is 7.88. The van der Waals surface area contributed by atoms with Crippen LogP contribution < -0.4 is 15.4 Å². The molecule has 1 heterocycles. The first kappa shape index (κ1) is 20.6. The van der Waals surface area contributed by atoms with Gasteiger partial charge in [0.15, 0.2) is 5.58 Å². The third-order valence-corrected chi connectivity index (χ3v) is 5.64. The van der Waals surface area contributed by atoms with Gasteiger partial charge in [0.05, 0.1) is 13.0 Å². The van der Waals surface area contributed by atoms with E-state index in [4.69, 9.17) is 9.15 Å². The first-order valence-corrected chi connectivity index (χ1v) is 10.7. The number of oxazole rings is 1. The number of hydrogen-bond acceptors (Lipinski definition) is 5. The van der Waals surface area contributed by atoms with Crippen molar-refractivity contribution in [2.75, 3.05) is 17.7 Å². The summed E-state index contributed by atoms with van der Waals surface area (Å²) in [6.45, 7) is 1.90. The van der Waals surface area contributed by atoms with Crippen LogP contribution in [0, 0.1) is 0 Å². The number of nitrogens with one attached hydrogen (secondary N) is 2. The molecule has 0 aliphatic heterocycles. The van der Waals surface area contributed by atoms with Crippen molar-refractivity contribution in [2.45, 2.75) is 12.8 Å². The molecule has 2 N–H and O–H groups in total. The third-order valence-electron chi connectivity index (χ3n) is 5.64. The van der Waals surface area contributed by atoms with Crippen molar-refractivity contribution in [1.82, 2.24) is 4.98 Å². The van der Waals surface area contributed by atoms with Gasteiger partial charge in [-0.15, -0.1) is 0 Å². The molecule has 0 spiro atoms. The smallest absolute Gasteiger partial charge is 0.300 e. The van der Waals surface area contributed by atoms with Crippen molar-refractivity contribution in [3.8, 4) is 5.75 Å². The van der Waals surface area contributed by atoms with E-state index < -0.39 is 0 Å². The lowest BCUT2D eigenvalue weighted by Crippen LogP contribution is -2.18. The van der Waals surface area contributed by atoms with E-state index >= 15 is 0 Å². The highest BCUT2D eigenvalue weighted by molar-refractivity contribution is 5.97. The molecule has 0 saturated carbocycles. The second kappa shape index (κ2) is 8.67. The maximum atomic E-state index is 13.0. The number of nitrogens with zero attached hydrogens (tertiary/aromatic N) is 1. The number of ether oxygens (including phenoxy) is 1. The van der Waals surface area contributed by atoms with Crippen LogP contribution in [0.3, 0.4) is 0 Å². The zero-order valence-corrected chi connectivity index (χ0v) is 18.3. The SMILES string of the molecule is COc1ccc2cc(C(C)C(=O)Nc3cccc(Nc4nc5ccccc5o4)c3)ccc2c1. The van der Waals surface area contributed by atoms with Gasteiger partial charge in [-0.25, -0.2) is 0 Å². The summed E-state index contributed by atoms with van der Waals surface area (Å²) in [6.07, 6.45) is 0. The van der Waals surface area contributed by atoms with Crippen molar-refractivity contribution in [3.05, 3.63) is 90.5 Å². The fraction of sp³-hybridized carbons (Fsp3) is 0.111. The lowest BCUT2D eigenvalue weighted by molar-refractivity contribution is -0.117. The first-order valence-electron chi connectivity index (χ1n) is 10.7. The summed E-state index contributed by atoms with van der Waals surface area (Å²) in [4.78, 5) is 17.4. The van der Waals surface area contributed by atoms with E-state index in [0.717, 1.165) is 33.3 Å². The molecule has 0 fully saturated rings. The molecule has 0 saturated heterocycles. The molecule has 1 amide bonds. The van der Waals surface area contributed by atoms with Gasteiger partial charge in [0, 0.05) is 11.4 Å². The summed E-state index contributed by atoms with van der Waals surface area (Å²) in [7, 11) is 1.65. The van der Waals surface area contributed by atoms with E-state index in [1.165, 1.54) is 0 Å². The zero-order valence-electron chi connectivity index (χ0n) is 18.3. The van der Waals surface area contributed by atoms with Crippen LogP contribution in [0.25, 0.3) is 21.9 Å². The predicted octanol–water partition coefficient (Wildman–Crippen LogP) is 6.48. The number of aromatic nitrogens is 1. The summed E-state index contributed by atoms with van der Waals surface area (Å²) in [5.74, 6) is 0.416. The minimum absolute atomic E-state index is 0.0816. The van der Waals surface area contributed by atoms with Crippen LogP contribution in [-0.4, -0.2) is 18.0 Å². The topological polar surface area (TPSA) is 76.4 Å². The number of hydrogen-bond donors (Lipinski definition) is 2. The van der Waals surface area contributed by atoms with Crippen LogP contribution in [0.5, 0.6) is 5.75 Å². The van der Waals surface area contributed by atoms with E-state index in [2.05, 4.69) is 15.6 Å². The zero-order chi connectivity index (χ0) is 22.8. The van der Waals surface area contributed by atoms with Crippen LogP contribution in [0.2, 0.25) is 0 Å². The fourth-order valence-electron chi connectivity index (χ4n) is 3.76. The molecule has 1 unspecified atom stereocenters. The third kappa shape index (κ3) is 4.36. The van der Waals surface area contributed by atoms with E-state index in [9.17, 15) is 4.79 Å². The quantitative estimate of drug-likeness (QED) is 0.318. The number of benzene rings is 4. The van der Waals surface area contributed by atoms with E-state index in [0.29, 0.717) is 17.3 Å². The Morgan fingerprint density at radius 1 is 0.909 bits per heavy atom. The molecule has 6 heteroatoms. The van der Waals surface area contributed by atoms with Crippen LogP contribution in [-0.2, 0) is 4.79 Å². The Morgan fingerprint density at radius 3 is 2.55 bits per heavy atom. The summed E-state index contributed by atoms with van der Waals surface area (Å²) in [6, 6.07) is 27.4. The van der Waals surface area contributed by atoms with Gasteiger partial charge in [0.25, 0.3) is 6.01 Å². The number of para-hydroxylation sites is 2. The van der Waals surface area contributed by atoms with Gasteiger partial charge in [-0.2, -0.15) is 4.98 Å². The number of fused-ring (bicyclic) bond motifs is 2. The minimum atomic E-state index is -0.315. The number of rotatable bonds is 6. The Kier molecular flexibility index (Phi) is 5.40. The van der Waals surface area contributed by atoms with Crippen molar-refractivity contribution in [2.24, 2.45) is 0 Å². The molecule has 0 aliphatic rings. The molecule has 4 aromatic carbocycles. The highest BCUT2D eigenvalue weighted by Crippen LogP contribution is 2.27. The van der Waals surface area contributed by atoms with Gasteiger partial charge in [-0.05, 0) is 65.7 Å². The van der Waals surface area contributed by atoms with E-state index in [1.807, 2.05) is 91.9 Å². The maximum absolute atomic E-state index is 13.0. The molecule has 5 aromatic rings. The van der Waals surface area contributed by atoms with Gasteiger partial charge in [-0.3, -0.25) is 4.79 Å². The Balaban J connectivity index is 1.30. The standard InChI is InChI=1S/C27H23N3O3/c1-17(18-10-11-20-15-23(32-2)13-12-19(20)14-18)26(31)28-21-6-5-7-22(16-21)29-27-30-24-8-3-4-9-25(24)33-27/h3-17H,1-2H3,(H,28,31)(H,29,30). The van der Waals surface area contributed by atoms with Gasteiger partial charge in [-0.1, -0.05) is 42.5 Å². The van der Waals surface area contributed by atoms with E-state index in [-0.39, 0.29) is 11.8 Å². The lowest BCUT2D eigenvalue weighted by Gasteiger charge is -2.14. The highest BCUT2D eigenvalue weighted by Gasteiger charge is 2.16. The lowest BCUT2D eigenvalue weighted by atomic mass is 9.97. The fourth-order valence-corrected chi connectivity index (χ4v) is 3.76. The monoisotopic (exact) mass is 437 g/mol. The number of methoxy groups -OCH3 is 1. The van der Waals surface area contributed by atoms with Crippen molar-refractivity contribution in [3.63, 3.8) is 0 Å². The molecule has 33 heavy (non-hydrogen) atoms. The van der Waals surface area contributed by atoms with Crippen molar-refractivity contribution >= 4 is 45.2 Å². The highest BCUT2D eigenvalue weighted by atomic mass is 16.5. The molecule has 0 aliphatic carbocycles. The number of carbonyl (C=O) groups is 1. The Labute approximate surface area is 191 Å². The molecule has 0 bridgehead atoms. The Bertz CT molecular complexity index is 1420. The van der Waals surface area contributed by atoms with Gasteiger partial charge in [0.1, 0.15) is 11.3 Å². The summed E-state index contributed by atoms with van der Waals surface area (Å²) in [5, 5.41) is 8.31. The molecule has 5 rings (SSSR count). The molecule has 1 atom stereocenters. The molecule has 0 radical (unpaired) electrons. The van der Waals surface area contributed by atoms with Crippen LogP contribution in [0.4, 0.5) is 17.4 Å². The molecule has 164 valence electrons. The van der Waals surface area contributed by atoms with Crippen LogP contribution in [0.15, 0.2) is 89.3 Å². The Hall–Kier alpha value is -4.32. The maximum Gasteiger partial charge on any atom is 0.300 e. The second-order valence-electron chi connectivity index (χ2n) is 7.88. The van der Waals surface area contributed by atoms with Crippen molar-refractivity contribution in [1.29, 1.82) is 0 Å². The average Bonchev–Trinajstić information content (AvgIpc) is 3.25. The van der Waals surface area contributed by atoms with Gasteiger partial charge >= 0.3 is 0 Å². The molecule has 6 nitrogen and oxygen atoms in total. The minimum Gasteiger partial charge on any atom is -0.497 e. The molecular weight excluding hydrogens is 414 g/mol. The first-order chi connectivity index (χ1) is 16.1. The number of carbonyl (C=O) groups excluding carboxylic acids is 1. The van der Waals surface area contributed by atoms with Gasteiger partial charge < -0.3 is 19.8 Å². The van der Waals surface area contributed by atoms with Gasteiger partial charge in [0.2, 0.25) is 5.91 Å². The van der Waals surface area contributed by atoms with Crippen molar-refractivity contribution < 1.29 is 13.9 Å². The largest absolute Gasteiger partial charge is 0.497 e. The van der Waals surface area contributed by atoms with Crippen LogP contribution in [0.1, 0.15) is 18.4 Å². The summed E-state index contributed by atoms with van der Waals surface area (Å²) >= 11 is 0. The molecule has 1 aromatic heterocycles. The van der Waals surface area contributed by atoms with E-state index in [1.54, 1.807) is 7.11 Å². The number of anilines is 3. The average molecular weight is 437 g/mol. The summed E-state index contributed by atoms with van der Waals surface area (Å²) in [5.41, 5.74) is 3.91. The predicted molar refractivity (Wildman–Crippen MR) is 131 cm³/mol. The molecular formula is C27H23N3O3. The Morgan fingerprint density at radius 2 is 1.70 bits per heavy atom. The number of amides is 1. The van der Waals surface area contributed by atoms with Crippen LogP contribution >= 0.6 is 0 Å². The summed E-state index contributed by atoms with van der Waals surface area (Å²) < 4.78 is 11.0.